The summed E-state index contributed by atoms with van der Waals surface area (Å²) >= 11 is 0. The van der Waals surface area contributed by atoms with E-state index < -0.39 is 0 Å². The molecule has 2 amide bonds. The van der Waals surface area contributed by atoms with Gasteiger partial charge in [-0.05, 0) is 50.2 Å². The van der Waals surface area contributed by atoms with Gasteiger partial charge in [0, 0.05) is 18.8 Å². The van der Waals surface area contributed by atoms with Gasteiger partial charge in [0.25, 0.3) is 0 Å². The molecule has 1 N–H and O–H groups in total. The second-order valence-electron chi connectivity index (χ2n) is 6.85. The Balaban J connectivity index is 1.97. The number of rotatable bonds is 10. The number of likely N-dealkylation sites (N-methyl/N-ethyl adjacent to an activating group) is 2. The Kier molecular flexibility index (Phi) is 8.68. The van der Waals surface area contributed by atoms with E-state index in [4.69, 9.17) is 4.74 Å². The van der Waals surface area contributed by atoms with Crippen molar-refractivity contribution in [2.24, 2.45) is 0 Å². The van der Waals surface area contributed by atoms with E-state index in [1.54, 1.807) is 31.4 Å². The Bertz CT molecular complexity index is 778. The van der Waals surface area contributed by atoms with Crippen molar-refractivity contribution in [3.05, 3.63) is 60.2 Å². The van der Waals surface area contributed by atoms with Crippen LogP contribution in [0.5, 0.6) is 5.75 Å². The zero-order valence-electron chi connectivity index (χ0n) is 17.7. The quantitative estimate of drug-likeness (QED) is 0.668. The summed E-state index contributed by atoms with van der Waals surface area (Å²) in [7, 11) is 1.60. The van der Waals surface area contributed by atoms with Gasteiger partial charge in [0.05, 0.1) is 19.7 Å². The van der Waals surface area contributed by atoms with Crippen molar-refractivity contribution in [1.82, 2.24) is 9.80 Å². The molecule has 0 aliphatic rings. The minimum Gasteiger partial charge on any atom is -0.497 e. The summed E-state index contributed by atoms with van der Waals surface area (Å²) in [5, 5.41) is 2.87. The topological polar surface area (TPSA) is 61.9 Å². The number of anilines is 1. The molecule has 0 fully saturated rings. The van der Waals surface area contributed by atoms with Gasteiger partial charge in [-0.3, -0.25) is 14.5 Å². The first kappa shape index (κ1) is 22.4. The lowest BCUT2D eigenvalue weighted by Crippen LogP contribution is -2.49. The summed E-state index contributed by atoms with van der Waals surface area (Å²) in [5.74, 6) is 0.605. The van der Waals surface area contributed by atoms with Gasteiger partial charge in [-0.25, -0.2) is 0 Å². The zero-order chi connectivity index (χ0) is 21.2. The fourth-order valence-corrected chi connectivity index (χ4v) is 3.15. The van der Waals surface area contributed by atoms with Crippen LogP contribution in [0.3, 0.4) is 0 Å². The smallest absolute Gasteiger partial charge is 0.239 e. The minimum atomic E-state index is -0.384. The van der Waals surface area contributed by atoms with Gasteiger partial charge in [0.15, 0.2) is 0 Å². The molecular formula is C23H31N3O3. The van der Waals surface area contributed by atoms with Crippen LogP contribution in [0.15, 0.2) is 54.6 Å². The largest absolute Gasteiger partial charge is 0.497 e. The average molecular weight is 398 g/mol. The molecule has 0 heterocycles. The number of benzene rings is 2. The predicted molar refractivity (Wildman–Crippen MR) is 116 cm³/mol. The molecule has 156 valence electrons. The van der Waals surface area contributed by atoms with E-state index in [0.717, 1.165) is 11.3 Å². The van der Waals surface area contributed by atoms with Gasteiger partial charge >= 0.3 is 0 Å². The highest BCUT2D eigenvalue weighted by Gasteiger charge is 2.26. The van der Waals surface area contributed by atoms with Crippen LogP contribution in [0.4, 0.5) is 5.69 Å². The molecule has 6 heteroatoms. The molecular weight excluding hydrogens is 366 g/mol. The average Bonchev–Trinajstić information content (AvgIpc) is 2.76. The summed E-state index contributed by atoms with van der Waals surface area (Å²) in [6.45, 7) is 7.73. The molecule has 1 atom stereocenters. The van der Waals surface area contributed by atoms with Gasteiger partial charge in [-0.15, -0.1) is 0 Å². The van der Waals surface area contributed by atoms with E-state index in [9.17, 15) is 9.59 Å². The first-order valence-corrected chi connectivity index (χ1v) is 9.99. The molecule has 29 heavy (non-hydrogen) atoms. The Morgan fingerprint density at radius 1 is 1.00 bits per heavy atom. The van der Waals surface area contributed by atoms with Gasteiger partial charge < -0.3 is 15.0 Å². The number of amides is 2. The Morgan fingerprint density at radius 3 is 2.21 bits per heavy atom. The number of nitrogens with one attached hydrogen (secondary N) is 1. The molecule has 2 rings (SSSR count). The van der Waals surface area contributed by atoms with Crippen LogP contribution >= 0.6 is 0 Å². The Morgan fingerprint density at radius 2 is 1.66 bits per heavy atom. The van der Waals surface area contributed by atoms with Crippen molar-refractivity contribution in [2.45, 2.75) is 33.4 Å². The van der Waals surface area contributed by atoms with E-state index in [1.807, 2.05) is 60.9 Å². The highest BCUT2D eigenvalue weighted by atomic mass is 16.5. The molecule has 2 aromatic carbocycles. The van der Waals surface area contributed by atoms with Crippen molar-refractivity contribution in [2.75, 3.05) is 32.1 Å². The lowest BCUT2D eigenvalue weighted by Gasteiger charge is -2.31. The number of hydrogen-bond donors (Lipinski definition) is 1. The SMILES string of the molecule is CCN(Cc1ccccc1)C(=O)[C@H](C)N(CC)CC(=O)Nc1ccc(OC)cc1. The molecule has 0 spiro atoms. The summed E-state index contributed by atoms with van der Waals surface area (Å²) < 4.78 is 5.13. The molecule has 0 aromatic heterocycles. The number of methoxy groups -OCH3 is 1. The lowest BCUT2D eigenvalue weighted by molar-refractivity contribution is -0.137. The van der Waals surface area contributed by atoms with E-state index in [2.05, 4.69) is 5.32 Å². The van der Waals surface area contributed by atoms with Crippen molar-refractivity contribution in [3.63, 3.8) is 0 Å². The first-order chi connectivity index (χ1) is 14.0. The van der Waals surface area contributed by atoms with Crippen molar-refractivity contribution in [1.29, 1.82) is 0 Å². The minimum absolute atomic E-state index is 0.0236. The first-order valence-electron chi connectivity index (χ1n) is 9.99. The normalized spacial score (nSPS) is 11.8. The number of carbonyl (C=O) groups excluding carboxylic acids is 2. The van der Waals surface area contributed by atoms with Crippen LogP contribution in [-0.4, -0.2) is 54.4 Å². The third-order valence-electron chi connectivity index (χ3n) is 4.94. The molecule has 0 saturated heterocycles. The van der Waals surface area contributed by atoms with E-state index in [0.29, 0.717) is 25.3 Å². The molecule has 0 aliphatic carbocycles. The standard InChI is InChI=1S/C23H31N3O3/c1-5-25(17-22(27)24-20-12-14-21(29-4)15-13-20)18(3)23(28)26(6-2)16-19-10-8-7-9-11-19/h7-15,18H,5-6,16-17H2,1-4H3,(H,24,27)/t18-/m0/s1. The monoisotopic (exact) mass is 397 g/mol. The van der Waals surface area contributed by atoms with Crippen LogP contribution < -0.4 is 10.1 Å². The zero-order valence-corrected chi connectivity index (χ0v) is 17.7. The van der Waals surface area contributed by atoms with Gasteiger partial charge in [-0.2, -0.15) is 0 Å². The van der Waals surface area contributed by atoms with Gasteiger partial charge in [-0.1, -0.05) is 37.3 Å². The molecule has 6 nitrogen and oxygen atoms in total. The number of hydrogen-bond acceptors (Lipinski definition) is 4. The third kappa shape index (κ3) is 6.61. The van der Waals surface area contributed by atoms with E-state index >= 15 is 0 Å². The summed E-state index contributed by atoms with van der Waals surface area (Å²) in [4.78, 5) is 29.2. The molecule has 0 radical (unpaired) electrons. The summed E-state index contributed by atoms with van der Waals surface area (Å²) in [6.07, 6.45) is 0. The predicted octanol–water partition coefficient (Wildman–Crippen LogP) is 3.39. The summed E-state index contributed by atoms with van der Waals surface area (Å²) in [5.41, 5.74) is 1.79. The number of ether oxygens (including phenoxy) is 1. The third-order valence-corrected chi connectivity index (χ3v) is 4.94. The van der Waals surface area contributed by atoms with Crippen LogP contribution in [-0.2, 0) is 16.1 Å². The highest BCUT2D eigenvalue weighted by molar-refractivity contribution is 5.93. The molecule has 0 unspecified atom stereocenters. The lowest BCUT2D eigenvalue weighted by atomic mass is 10.1. The fourth-order valence-electron chi connectivity index (χ4n) is 3.15. The maximum absolute atomic E-state index is 13.0. The van der Waals surface area contributed by atoms with E-state index in [-0.39, 0.29) is 24.4 Å². The van der Waals surface area contributed by atoms with Crippen LogP contribution in [0.25, 0.3) is 0 Å². The molecule has 0 aliphatic heterocycles. The molecule has 2 aromatic rings. The molecule has 0 saturated carbocycles. The van der Waals surface area contributed by atoms with Gasteiger partial charge in [0.1, 0.15) is 5.75 Å². The van der Waals surface area contributed by atoms with E-state index in [1.165, 1.54) is 0 Å². The van der Waals surface area contributed by atoms with Crippen LogP contribution in [0, 0.1) is 0 Å². The van der Waals surface area contributed by atoms with Crippen molar-refractivity contribution >= 4 is 17.5 Å². The molecule has 0 bridgehead atoms. The maximum Gasteiger partial charge on any atom is 0.239 e. The summed E-state index contributed by atoms with van der Waals surface area (Å²) in [6, 6.07) is 16.7. The Hall–Kier alpha value is -2.86. The Labute approximate surface area is 173 Å². The fraction of sp³-hybridized carbons (Fsp3) is 0.391. The van der Waals surface area contributed by atoms with Crippen molar-refractivity contribution in [3.8, 4) is 5.75 Å². The van der Waals surface area contributed by atoms with Crippen LogP contribution in [0.2, 0.25) is 0 Å². The second kappa shape index (κ2) is 11.2. The van der Waals surface area contributed by atoms with Crippen LogP contribution in [0.1, 0.15) is 26.3 Å². The van der Waals surface area contributed by atoms with Gasteiger partial charge in [0.2, 0.25) is 11.8 Å². The number of nitrogens with zero attached hydrogens (tertiary/aromatic N) is 2. The highest BCUT2D eigenvalue weighted by Crippen LogP contribution is 2.15. The number of carbonyl (C=O) groups is 2. The maximum atomic E-state index is 13.0. The second-order valence-corrected chi connectivity index (χ2v) is 6.85. The van der Waals surface area contributed by atoms with Crippen molar-refractivity contribution < 1.29 is 14.3 Å².